The van der Waals surface area contributed by atoms with Gasteiger partial charge in [-0.1, -0.05) is 24.6 Å². The Morgan fingerprint density at radius 2 is 1.97 bits per heavy atom. The molecule has 0 aromatic heterocycles. The van der Waals surface area contributed by atoms with Gasteiger partial charge in [-0.2, -0.15) is 0 Å². The second-order valence-corrected chi connectivity index (χ2v) is 10.7. The first-order valence-corrected chi connectivity index (χ1v) is 13.6. The van der Waals surface area contributed by atoms with Gasteiger partial charge in [0.25, 0.3) is 0 Å². The van der Waals surface area contributed by atoms with E-state index in [0.29, 0.717) is 6.42 Å². The van der Waals surface area contributed by atoms with Crippen LogP contribution in [0.3, 0.4) is 0 Å². The number of hydrogen-bond acceptors (Lipinski definition) is 5. The van der Waals surface area contributed by atoms with Gasteiger partial charge in [0.15, 0.2) is 0 Å². The molecule has 0 radical (unpaired) electrons. The monoisotopic (exact) mass is 544 g/mol. The Kier molecular flexibility index (Phi) is 10.6. The molecule has 1 atom stereocenters. The molecule has 0 bridgehead atoms. The summed E-state index contributed by atoms with van der Waals surface area (Å²) in [5.41, 5.74) is 2.41. The minimum absolute atomic E-state index is 0.0510. The molecule has 1 saturated heterocycles. The molecule has 2 aromatic carbocycles. The molecule has 1 fully saturated rings. The first kappa shape index (κ1) is 25.8. The van der Waals surface area contributed by atoms with E-state index >= 15 is 0 Å². The van der Waals surface area contributed by atoms with Crippen LogP contribution in [0, 0.1) is 5.82 Å². The fourth-order valence-electron chi connectivity index (χ4n) is 3.70. The maximum atomic E-state index is 13.2. The summed E-state index contributed by atoms with van der Waals surface area (Å²) in [6.45, 7) is 3.18. The van der Waals surface area contributed by atoms with Crippen molar-refractivity contribution in [2.24, 2.45) is 0 Å². The molecule has 9 heteroatoms. The molecular formula is C23H29BrFNO4PS+. The van der Waals surface area contributed by atoms with Crippen LogP contribution in [0.15, 0.2) is 51.8 Å². The quantitative estimate of drug-likeness (QED) is 0.173. The molecule has 0 spiro atoms. The Labute approximate surface area is 202 Å². The zero-order chi connectivity index (χ0) is 22.8. The van der Waals surface area contributed by atoms with Crippen LogP contribution in [0.1, 0.15) is 36.8 Å². The molecule has 0 saturated carbocycles. The number of nitrogens with one attached hydrogen (secondary N) is 1. The Morgan fingerprint density at radius 1 is 1.19 bits per heavy atom. The third-order valence-corrected chi connectivity index (χ3v) is 8.03. The lowest BCUT2D eigenvalue weighted by Crippen LogP contribution is -2.46. The second kappa shape index (κ2) is 13.1. The highest BCUT2D eigenvalue weighted by Crippen LogP contribution is 2.38. The minimum Gasteiger partial charge on any atom is -0.379 e. The van der Waals surface area contributed by atoms with Crippen LogP contribution in [-0.4, -0.2) is 37.0 Å². The fraction of sp³-hybridized carbons (Fsp3) is 0.478. The van der Waals surface area contributed by atoms with E-state index in [1.165, 1.54) is 28.2 Å². The lowest BCUT2D eigenvalue weighted by atomic mass is 9.75. The Balaban J connectivity index is 1.35. The van der Waals surface area contributed by atoms with Crippen LogP contribution in [-0.2, 0) is 25.8 Å². The van der Waals surface area contributed by atoms with Gasteiger partial charge in [0.2, 0.25) is 0 Å². The molecule has 2 aromatic rings. The van der Waals surface area contributed by atoms with Crippen molar-refractivity contribution >= 4 is 35.9 Å². The molecule has 1 aliphatic rings. The lowest BCUT2D eigenvalue weighted by Gasteiger charge is -2.42. The van der Waals surface area contributed by atoms with E-state index in [9.17, 15) is 8.96 Å². The molecule has 1 unspecified atom stereocenters. The van der Waals surface area contributed by atoms with E-state index in [0.717, 1.165) is 55.8 Å². The van der Waals surface area contributed by atoms with Crippen LogP contribution in [0.2, 0.25) is 0 Å². The average molecular weight is 545 g/mol. The fourth-order valence-corrected chi connectivity index (χ4v) is 5.68. The topological polar surface area (TPSA) is 67.8 Å². The standard InChI is InChI=1S/C23H28BrFNO4PS/c24-21-14-18(15-26-11-3-12-30-31(27)28)4-9-22(21)32-13-2-1-10-23(16-29-17-23)19-5-7-20(25)8-6-19/h4-9,14,26H,1-3,10-13,15-17H2/p+1. The first-order chi connectivity index (χ1) is 15.5. The largest absolute Gasteiger partial charge is 0.694 e. The minimum atomic E-state index is -2.50. The predicted octanol–water partition coefficient (Wildman–Crippen LogP) is 5.96. The maximum Gasteiger partial charge on any atom is 0.694 e. The van der Waals surface area contributed by atoms with Crippen molar-refractivity contribution in [3.05, 3.63) is 63.9 Å². The van der Waals surface area contributed by atoms with Crippen molar-refractivity contribution in [2.75, 3.05) is 32.1 Å². The van der Waals surface area contributed by atoms with Crippen molar-refractivity contribution < 1.29 is 23.1 Å². The van der Waals surface area contributed by atoms with Crippen LogP contribution in [0.25, 0.3) is 0 Å². The zero-order valence-electron chi connectivity index (χ0n) is 17.9. The molecule has 0 aliphatic carbocycles. The number of unbranched alkanes of at least 4 members (excludes halogenated alkanes) is 1. The lowest BCUT2D eigenvalue weighted by molar-refractivity contribution is -0.0652. The molecule has 3 rings (SSSR count). The molecule has 5 nitrogen and oxygen atoms in total. The van der Waals surface area contributed by atoms with Crippen molar-refractivity contribution in [3.63, 3.8) is 0 Å². The van der Waals surface area contributed by atoms with Crippen molar-refractivity contribution in [2.45, 2.75) is 42.5 Å². The van der Waals surface area contributed by atoms with Crippen molar-refractivity contribution in [3.8, 4) is 0 Å². The van der Waals surface area contributed by atoms with Crippen molar-refractivity contribution in [1.29, 1.82) is 0 Å². The zero-order valence-corrected chi connectivity index (χ0v) is 21.2. The molecule has 174 valence electrons. The molecule has 0 amide bonds. The van der Waals surface area contributed by atoms with Crippen LogP contribution >= 0.6 is 35.9 Å². The summed E-state index contributed by atoms with van der Waals surface area (Å²) < 4.78 is 34.9. The van der Waals surface area contributed by atoms with Gasteiger partial charge in [0, 0.05) is 25.9 Å². The van der Waals surface area contributed by atoms with E-state index in [4.69, 9.17) is 9.63 Å². The van der Waals surface area contributed by atoms with Crippen molar-refractivity contribution in [1.82, 2.24) is 5.32 Å². The average Bonchev–Trinajstić information content (AvgIpc) is 2.74. The van der Waals surface area contributed by atoms with Gasteiger partial charge in [-0.3, -0.25) is 0 Å². The van der Waals surface area contributed by atoms with Crippen LogP contribution in [0.4, 0.5) is 4.39 Å². The third-order valence-electron chi connectivity index (χ3n) is 5.55. The summed E-state index contributed by atoms with van der Waals surface area (Å²) in [5, 5.41) is 3.31. The van der Waals surface area contributed by atoms with E-state index in [2.05, 4.69) is 44.0 Å². The second-order valence-electron chi connectivity index (χ2n) is 7.95. The van der Waals surface area contributed by atoms with Gasteiger partial charge < -0.3 is 10.1 Å². The van der Waals surface area contributed by atoms with E-state index in [-0.39, 0.29) is 17.8 Å². The predicted molar refractivity (Wildman–Crippen MR) is 130 cm³/mol. The molecule has 1 heterocycles. The summed E-state index contributed by atoms with van der Waals surface area (Å²) >= 11 is 5.53. The number of rotatable bonds is 14. The number of thioether (sulfide) groups is 1. The van der Waals surface area contributed by atoms with E-state index < -0.39 is 8.25 Å². The van der Waals surface area contributed by atoms with E-state index in [1.54, 1.807) is 0 Å². The SMILES string of the molecule is O=[P+](O)OCCCNCc1ccc(SCCCCC2(c3ccc(F)cc3)COC2)c(Br)c1. The number of benzene rings is 2. The van der Waals surface area contributed by atoms with Gasteiger partial charge in [0.1, 0.15) is 12.4 Å². The smallest absolute Gasteiger partial charge is 0.379 e. The molecule has 2 N–H and O–H groups in total. The van der Waals surface area contributed by atoms with Gasteiger partial charge in [-0.15, -0.1) is 21.2 Å². The third kappa shape index (κ3) is 7.87. The summed E-state index contributed by atoms with van der Waals surface area (Å²) in [6, 6.07) is 13.3. The number of hydrogen-bond donors (Lipinski definition) is 2. The summed E-state index contributed by atoms with van der Waals surface area (Å²) in [4.78, 5) is 9.81. The summed E-state index contributed by atoms with van der Waals surface area (Å²) in [5.74, 6) is 0.851. The van der Waals surface area contributed by atoms with Gasteiger partial charge >= 0.3 is 8.25 Å². The van der Waals surface area contributed by atoms with Gasteiger partial charge in [0.05, 0.1) is 13.2 Å². The van der Waals surface area contributed by atoms with Gasteiger partial charge in [-0.05, 0) is 82.9 Å². The summed E-state index contributed by atoms with van der Waals surface area (Å²) in [6.07, 6.45) is 3.97. The normalized spacial score (nSPS) is 15.4. The molecular weight excluding hydrogens is 516 g/mol. The van der Waals surface area contributed by atoms with Gasteiger partial charge in [-0.25, -0.2) is 4.39 Å². The number of ether oxygens (including phenoxy) is 1. The molecule has 32 heavy (non-hydrogen) atoms. The summed E-state index contributed by atoms with van der Waals surface area (Å²) in [7, 11) is -2.50. The highest BCUT2D eigenvalue weighted by atomic mass is 79.9. The Morgan fingerprint density at radius 3 is 2.62 bits per heavy atom. The van der Waals surface area contributed by atoms with E-state index in [1.807, 2.05) is 23.9 Å². The van der Waals surface area contributed by atoms with Crippen LogP contribution < -0.4 is 5.32 Å². The highest BCUT2D eigenvalue weighted by Gasteiger charge is 2.39. The maximum absolute atomic E-state index is 13.2. The Hall–Kier alpha value is -0.860. The van der Waals surface area contributed by atoms with Crippen LogP contribution in [0.5, 0.6) is 0 Å². The number of halogens is 2. The Bertz CT molecular complexity index is 883. The highest BCUT2D eigenvalue weighted by molar-refractivity contribution is 9.10. The first-order valence-electron chi connectivity index (χ1n) is 10.7. The molecule has 1 aliphatic heterocycles.